The van der Waals surface area contributed by atoms with E-state index in [1.807, 2.05) is 54.6 Å². The summed E-state index contributed by atoms with van der Waals surface area (Å²) in [5.74, 6) is -0.0848. The van der Waals surface area contributed by atoms with E-state index in [4.69, 9.17) is 15.7 Å². The molecule has 0 aliphatic heterocycles. The van der Waals surface area contributed by atoms with Gasteiger partial charge in [0.25, 0.3) is 6.43 Å². The van der Waals surface area contributed by atoms with Gasteiger partial charge in [0.05, 0.1) is 17.0 Å². The van der Waals surface area contributed by atoms with Crippen LogP contribution in [0.15, 0.2) is 66.7 Å². The van der Waals surface area contributed by atoms with Gasteiger partial charge < -0.3 is 10.8 Å². The van der Waals surface area contributed by atoms with Crippen LogP contribution >= 0.6 is 0 Å². The number of aromatic nitrogens is 5. The highest BCUT2D eigenvalue weighted by Crippen LogP contribution is 2.57. The Labute approximate surface area is 211 Å². The highest BCUT2D eigenvalue weighted by molar-refractivity contribution is 5.86. The maximum absolute atomic E-state index is 13.7. The average molecular weight is 499 g/mol. The molecule has 5 aromatic rings. The molecular formula is C28H24F2N6O. The number of halogens is 2. The molecule has 2 aliphatic carbocycles. The van der Waals surface area contributed by atoms with Crippen molar-refractivity contribution in [3.05, 3.63) is 78.1 Å². The van der Waals surface area contributed by atoms with Crippen LogP contribution in [0.2, 0.25) is 0 Å². The van der Waals surface area contributed by atoms with Gasteiger partial charge in [0.2, 0.25) is 5.82 Å². The molecule has 2 saturated carbocycles. The van der Waals surface area contributed by atoms with E-state index in [-0.39, 0.29) is 11.3 Å². The van der Waals surface area contributed by atoms with E-state index in [2.05, 4.69) is 10.2 Å². The zero-order chi connectivity index (χ0) is 25.4. The molecule has 186 valence electrons. The second kappa shape index (κ2) is 7.84. The van der Waals surface area contributed by atoms with Crippen molar-refractivity contribution in [3.63, 3.8) is 0 Å². The molecule has 2 aliphatic rings. The second-order valence-electron chi connectivity index (χ2n) is 10.3. The monoisotopic (exact) mass is 498 g/mol. The van der Waals surface area contributed by atoms with E-state index >= 15 is 0 Å². The first-order valence-electron chi connectivity index (χ1n) is 12.4. The number of fused-ring (bicyclic) bond motifs is 3. The Balaban J connectivity index is 1.35. The molecule has 3 N–H and O–H groups in total. The van der Waals surface area contributed by atoms with Crippen molar-refractivity contribution in [1.29, 1.82) is 0 Å². The number of pyridine rings is 1. The van der Waals surface area contributed by atoms with E-state index in [1.54, 1.807) is 12.1 Å². The Kier molecular flexibility index (Phi) is 4.74. The van der Waals surface area contributed by atoms with Gasteiger partial charge in [-0.05, 0) is 49.3 Å². The Morgan fingerprint density at radius 2 is 1.54 bits per heavy atom. The van der Waals surface area contributed by atoms with E-state index in [0.717, 1.165) is 29.5 Å². The highest BCUT2D eigenvalue weighted by Gasteiger charge is 2.58. The van der Waals surface area contributed by atoms with E-state index in [0.29, 0.717) is 35.7 Å². The third-order valence-corrected chi connectivity index (χ3v) is 7.77. The summed E-state index contributed by atoms with van der Waals surface area (Å²) in [6.45, 7) is 0. The van der Waals surface area contributed by atoms with Crippen LogP contribution in [0.1, 0.15) is 43.5 Å². The normalized spacial score (nSPS) is 23.6. The fourth-order valence-corrected chi connectivity index (χ4v) is 5.76. The van der Waals surface area contributed by atoms with Crippen LogP contribution in [0.5, 0.6) is 0 Å². The molecule has 3 heterocycles. The predicted octanol–water partition coefficient (Wildman–Crippen LogP) is 5.03. The smallest absolute Gasteiger partial charge is 0.297 e. The second-order valence-corrected chi connectivity index (χ2v) is 10.3. The molecule has 2 aromatic carbocycles. The lowest BCUT2D eigenvalue weighted by atomic mass is 9.60. The molecule has 0 saturated heterocycles. The lowest BCUT2D eigenvalue weighted by Gasteiger charge is -2.52. The van der Waals surface area contributed by atoms with Gasteiger partial charge in [0.15, 0.2) is 11.3 Å². The van der Waals surface area contributed by atoms with Gasteiger partial charge in [-0.25, -0.2) is 18.7 Å². The largest absolute Gasteiger partial charge is 0.389 e. The first kappa shape index (κ1) is 22.4. The highest BCUT2D eigenvalue weighted by atomic mass is 19.3. The number of benzene rings is 2. The summed E-state index contributed by atoms with van der Waals surface area (Å²) in [6.07, 6.45) is 0.485. The van der Waals surface area contributed by atoms with Gasteiger partial charge in [0, 0.05) is 16.7 Å². The van der Waals surface area contributed by atoms with Crippen molar-refractivity contribution in [2.75, 3.05) is 0 Å². The number of aliphatic hydroxyl groups is 1. The molecule has 7 rings (SSSR count). The Bertz CT molecular complexity index is 1640. The number of rotatable bonds is 5. The Morgan fingerprint density at radius 3 is 2.22 bits per heavy atom. The number of nitrogens with zero attached hydrogens (tertiary/aromatic N) is 5. The zero-order valence-electron chi connectivity index (χ0n) is 19.9. The van der Waals surface area contributed by atoms with Gasteiger partial charge in [-0.2, -0.15) is 0 Å². The first-order chi connectivity index (χ1) is 17.8. The van der Waals surface area contributed by atoms with Crippen LogP contribution in [-0.2, 0) is 5.54 Å². The van der Waals surface area contributed by atoms with E-state index in [1.165, 1.54) is 4.40 Å². The molecule has 0 radical (unpaired) electrons. The lowest BCUT2D eigenvalue weighted by Crippen LogP contribution is -2.60. The standard InChI is InChI=1S/C28H24F2N6O/c29-24(30)26-35-34-21-13-12-20-25(36(21)26)33-23(16-4-2-1-3-5-16)22(32-20)17-6-8-18(9-7-17)27(31)14-28(37,15-27)19-10-11-19/h1-9,12-13,19,24,37H,10-11,14-15,31H2/t27-,28-. The van der Waals surface area contributed by atoms with Crippen molar-refractivity contribution in [1.82, 2.24) is 24.6 Å². The van der Waals surface area contributed by atoms with Crippen molar-refractivity contribution in [2.45, 2.75) is 43.2 Å². The van der Waals surface area contributed by atoms with Crippen LogP contribution in [0.4, 0.5) is 8.78 Å². The van der Waals surface area contributed by atoms with Crippen molar-refractivity contribution < 1.29 is 13.9 Å². The molecule has 7 nitrogen and oxygen atoms in total. The molecule has 2 fully saturated rings. The van der Waals surface area contributed by atoms with Crippen LogP contribution in [0.25, 0.3) is 39.3 Å². The fraction of sp³-hybridized carbons (Fsp3) is 0.286. The molecule has 0 spiro atoms. The SMILES string of the molecule is N[C@]1(c2ccc(-c3nc4ccc5nnc(C(F)F)n5c4nc3-c3ccccc3)cc2)C[C@](O)(C2CC2)C1. The molecule has 0 bridgehead atoms. The molecule has 9 heteroatoms. The van der Waals surface area contributed by atoms with Crippen LogP contribution < -0.4 is 5.73 Å². The quantitative estimate of drug-likeness (QED) is 0.352. The number of hydrogen-bond donors (Lipinski definition) is 2. The van der Waals surface area contributed by atoms with Crippen molar-refractivity contribution >= 4 is 16.8 Å². The zero-order valence-corrected chi connectivity index (χ0v) is 19.9. The van der Waals surface area contributed by atoms with E-state index in [9.17, 15) is 13.9 Å². The maximum Gasteiger partial charge on any atom is 0.297 e. The van der Waals surface area contributed by atoms with Gasteiger partial charge in [-0.1, -0.05) is 54.6 Å². The summed E-state index contributed by atoms with van der Waals surface area (Å²) in [5.41, 5.74) is 10.3. The molecule has 37 heavy (non-hydrogen) atoms. The number of nitrogens with two attached hydrogens (primary N) is 1. The summed E-state index contributed by atoms with van der Waals surface area (Å²) < 4.78 is 28.7. The minimum atomic E-state index is -2.80. The summed E-state index contributed by atoms with van der Waals surface area (Å²) in [5, 5.41) is 18.3. The minimum absolute atomic E-state index is 0.270. The molecular weight excluding hydrogens is 474 g/mol. The fourth-order valence-electron chi connectivity index (χ4n) is 5.76. The van der Waals surface area contributed by atoms with E-state index < -0.39 is 23.4 Å². The Morgan fingerprint density at radius 1 is 0.865 bits per heavy atom. The van der Waals surface area contributed by atoms with Crippen LogP contribution in [0.3, 0.4) is 0 Å². The minimum Gasteiger partial charge on any atom is -0.389 e. The summed E-state index contributed by atoms with van der Waals surface area (Å²) in [6, 6.07) is 20.7. The predicted molar refractivity (Wildman–Crippen MR) is 135 cm³/mol. The first-order valence-corrected chi connectivity index (χ1v) is 12.4. The summed E-state index contributed by atoms with van der Waals surface area (Å²) in [4.78, 5) is 9.72. The van der Waals surface area contributed by atoms with Crippen molar-refractivity contribution in [3.8, 4) is 22.5 Å². The van der Waals surface area contributed by atoms with Gasteiger partial charge >= 0.3 is 0 Å². The maximum atomic E-state index is 13.7. The Hall–Kier alpha value is -3.82. The molecule has 3 aromatic heterocycles. The van der Waals surface area contributed by atoms with Gasteiger partial charge in [-0.3, -0.25) is 4.40 Å². The van der Waals surface area contributed by atoms with Gasteiger partial charge in [-0.15, -0.1) is 10.2 Å². The molecule has 0 unspecified atom stereocenters. The van der Waals surface area contributed by atoms with Crippen LogP contribution in [-0.4, -0.2) is 35.3 Å². The topological polar surface area (TPSA) is 102 Å². The van der Waals surface area contributed by atoms with Gasteiger partial charge in [0.1, 0.15) is 5.52 Å². The van der Waals surface area contributed by atoms with Crippen molar-refractivity contribution in [2.24, 2.45) is 11.7 Å². The molecule has 0 amide bonds. The summed E-state index contributed by atoms with van der Waals surface area (Å²) in [7, 11) is 0. The number of hydrogen-bond acceptors (Lipinski definition) is 6. The van der Waals surface area contributed by atoms with Crippen LogP contribution in [0, 0.1) is 5.92 Å². The lowest BCUT2D eigenvalue weighted by molar-refractivity contribution is -0.106. The summed E-state index contributed by atoms with van der Waals surface area (Å²) >= 11 is 0. The third kappa shape index (κ3) is 3.53. The molecule has 0 atom stereocenters. The average Bonchev–Trinajstić information content (AvgIpc) is 3.66. The number of alkyl halides is 2. The third-order valence-electron chi connectivity index (χ3n) is 7.77.